The van der Waals surface area contributed by atoms with Crippen LogP contribution in [0.15, 0.2) is 24.3 Å². The zero-order chi connectivity index (χ0) is 12.5. The second-order valence-electron chi connectivity index (χ2n) is 5.16. The Bertz CT molecular complexity index is 376. The number of likely N-dealkylation sites (N-methyl/N-ethyl adjacent to an activating group) is 1. The van der Waals surface area contributed by atoms with E-state index in [0.29, 0.717) is 0 Å². The molecule has 0 bridgehead atoms. The van der Waals surface area contributed by atoms with Gasteiger partial charge >= 0.3 is 0 Å². The van der Waals surface area contributed by atoms with E-state index in [9.17, 15) is 9.50 Å². The summed E-state index contributed by atoms with van der Waals surface area (Å²) < 4.78 is 12.9. The summed E-state index contributed by atoms with van der Waals surface area (Å²) in [5, 5.41) is 10.9. The zero-order valence-electron chi connectivity index (χ0n) is 10.5. The molecule has 1 saturated carbocycles. The van der Waals surface area contributed by atoms with E-state index >= 15 is 0 Å². The molecule has 1 aromatic rings. The molecule has 0 saturated heterocycles. The third kappa shape index (κ3) is 2.35. The van der Waals surface area contributed by atoms with Crippen LogP contribution in [0.25, 0.3) is 0 Å². The van der Waals surface area contributed by atoms with Gasteiger partial charge in [-0.3, -0.25) is 0 Å². The SMILES string of the molecule is CN(C)C1CCCCC1(O)c1ccc(F)cc1. The van der Waals surface area contributed by atoms with Crippen LogP contribution in [-0.4, -0.2) is 30.1 Å². The normalized spacial score (nSPS) is 29.6. The van der Waals surface area contributed by atoms with Gasteiger partial charge in [-0.05, 0) is 44.6 Å². The Hall–Kier alpha value is -0.930. The maximum atomic E-state index is 12.9. The summed E-state index contributed by atoms with van der Waals surface area (Å²) in [6, 6.07) is 6.37. The Labute approximate surface area is 102 Å². The fraction of sp³-hybridized carbons (Fsp3) is 0.571. The maximum absolute atomic E-state index is 12.9. The molecule has 3 heteroatoms. The fourth-order valence-corrected chi connectivity index (χ4v) is 2.90. The van der Waals surface area contributed by atoms with Gasteiger partial charge in [-0.2, -0.15) is 0 Å². The van der Waals surface area contributed by atoms with Crippen molar-refractivity contribution < 1.29 is 9.50 Å². The summed E-state index contributed by atoms with van der Waals surface area (Å²) in [7, 11) is 3.98. The highest BCUT2D eigenvalue weighted by Crippen LogP contribution is 2.39. The minimum atomic E-state index is -0.838. The highest BCUT2D eigenvalue weighted by Gasteiger charge is 2.41. The van der Waals surface area contributed by atoms with Gasteiger partial charge in [-0.25, -0.2) is 4.39 Å². The van der Waals surface area contributed by atoms with Crippen LogP contribution < -0.4 is 0 Å². The van der Waals surface area contributed by atoms with E-state index in [1.807, 2.05) is 14.1 Å². The highest BCUT2D eigenvalue weighted by atomic mass is 19.1. The van der Waals surface area contributed by atoms with Gasteiger partial charge in [0.2, 0.25) is 0 Å². The molecule has 1 fully saturated rings. The van der Waals surface area contributed by atoms with Gasteiger partial charge in [0, 0.05) is 6.04 Å². The van der Waals surface area contributed by atoms with Gasteiger partial charge in [0.05, 0.1) is 0 Å². The molecule has 0 radical (unpaired) electrons. The Kier molecular flexibility index (Phi) is 3.50. The molecule has 1 aromatic carbocycles. The number of hydrogen-bond donors (Lipinski definition) is 1. The maximum Gasteiger partial charge on any atom is 0.123 e. The van der Waals surface area contributed by atoms with Crippen LogP contribution in [0.4, 0.5) is 4.39 Å². The second-order valence-corrected chi connectivity index (χ2v) is 5.16. The number of aliphatic hydroxyl groups is 1. The van der Waals surface area contributed by atoms with Gasteiger partial charge in [-0.1, -0.05) is 25.0 Å². The molecule has 2 unspecified atom stereocenters. The molecule has 2 atom stereocenters. The first-order valence-corrected chi connectivity index (χ1v) is 6.19. The molecule has 0 amide bonds. The fourth-order valence-electron chi connectivity index (χ4n) is 2.90. The van der Waals surface area contributed by atoms with Gasteiger partial charge < -0.3 is 10.0 Å². The van der Waals surface area contributed by atoms with E-state index in [1.165, 1.54) is 12.1 Å². The van der Waals surface area contributed by atoms with Gasteiger partial charge in [0.1, 0.15) is 11.4 Å². The minimum absolute atomic E-state index is 0.113. The summed E-state index contributed by atoms with van der Waals surface area (Å²) >= 11 is 0. The third-order valence-electron chi connectivity index (χ3n) is 3.80. The van der Waals surface area contributed by atoms with Crippen LogP contribution in [0.3, 0.4) is 0 Å². The van der Waals surface area contributed by atoms with Gasteiger partial charge in [0.25, 0.3) is 0 Å². The van der Waals surface area contributed by atoms with Gasteiger partial charge in [-0.15, -0.1) is 0 Å². The highest BCUT2D eigenvalue weighted by molar-refractivity contribution is 5.25. The zero-order valence-corrected chi connectivity index (χ0v) is 10.5. The molecule has 1 N–H and O–H groups in total. The molecule has 17 heavy (non-hydrogen) atoms. The van der Waals surface area contributed by atoms with Crippen molar-refractivity contribution in [1.82, 2.24) is 4.90 Å². The number of hydrogen-bond acceptors (Lipinski definition) is 2. The lowest BCUT2D eigenvalue weighted by molar-refractivity contribution is -0.0662. The number of nitrogens with zero attached hydrogens (tertiary/aromatic N) is 1. The third-order valence-corrected chi connectivity index (χ3v) is 3.80. The Morgan fingerprint density at radius 3 is 2.47 bits per heavy atom. The van der Waals surface area contributed by atoms with E-state index < -0.39 is 5.60 Å². The van der Waals surface area contributed by atoms with Crippen molar-refractivity contribution in [3.05, 3.63) is 35.6 Å². The van der Waals surface area contributed by atoms with E-state index in [0.717, 1.165) is 31.2 Å². The topological polar surface area (TPSA) is 23.5 Å². The molecule has 0 aromatic heterocycles. The van der Waals surface area contributed by atoms with Crippen LogP contribution in [-0.2, 0) is 5.60 Å². The Morgan fingerprint density at radius 2 is 1.88 bits per heavy atom. The van der Waals surface area contributed by atoms with Crippen LogP contribution in [0.2, 0.25) is 0 Å². The molecular formula is C14H20FNO. The predicted molar refractivity (Wildman–Crippen MR) is 66.2 cm³/mol. The largest absolute Gasteiger partial charge is 0.384 e. The van der Waals surface area contributed by atoms with E-state index in [-0.39, 0.29) is 11.9 Å². The molecule has 0 spiro atoms. The van der Waals surface area contributed by atoms with Crippen molar-refractivity contribution in [2.45, 2.75) is 37.3 Å². The number of halogens is 1. The predicted octanol–water partition coefficient (Wildman–Crippen LogP) is 2.52. The molecule has 0 heterocycles. The van der Waals surface area contributed by atoms with Crippen molar-refractivity contribution in [1.29, 1.82) is 0 Å². The number of benzene rings is 1. The smallest absolute Gasteiger partial charge is 0.123 e. The summed E-state index contributed by atoms with van der Waals surface area (Å²) in [5.41, 5.74) is -0.00701. The quantitative estimate of drug-likeness (QED) is 0.854. The second kappa shape index (κ2) is 4.75. The monoisotopic (exact) mass is 237 g/mol. The van der Waals surface area contributed by atoms with E-state index in [4.69, 9.17) is 0 Å². The van der Waals surface area contributed by atoms with Crippen molar-refractivity contribution >= 4 is 0 Å². The van der Waals surface area contributed by atoms with Crippen molar-refractivity contribution in [2.75, 3.05) is 14.1 Å². The van der Waals surface area contributed by atoms with Gasteiger partial charge in [0.15, 0.2) is 0 Å². The summed E-state index contributed by atoms with van der Waals surface area (Å²) in [4.78, 5) is 2.07. The van der Waals surface area contributed by atoms with Crippen LogP contribution in [0.5, 0.6) is 0 Å². The summed E-state index contributed by atoms with van der Waals surface area (Å²) in [5.74, 6) is -0.255. The first-order chi connectivity index (χ1) is 8.04. The Balaban J connectivity index is 2.34. The van der Waals surface area contributed by atoms with E-state index in [1.54, 1.807) is 12.1 Å². The van der Waals surface area contributed by atoms with Crippen molar-refractivity contribution in [3.8, 4) is 0 Å². The lowest BCUT2D eigenvalue weighted by atomic mass is 9.75. The molecule has 1 aliphatic rings. The summed E-state index contributed by atoms with van der Waals surface area (Å²) in [6.45, 7) is 0. The molecule has 2 nitrogen and oxygen atoms in total. The van der Waals surface area contributed by atoms with Crippen LogP contribution in [0.1, 0.15) is 31.2 Å². The first kappa shape index (κ1) is 12.5. The summed E-state index contributed by atoms with van der Waals surface area (Å²) in [6.07, 6.45) is 3.91. The first-order valence-electron chi connectivity index (χ1n) is 6.19. The van der Waals surface area contributed by atoms with Crippen molar-refractivity contribution in [2.24, 2.45) is 0 Å². The lowest BCUT2D eigenvalue weighted by Gasteiger charge is -2.43. The molecular weight excluding hydrogens is 217 g/mol. The Morgan fingerprint density at radius 1 is 1.24 bits per heavy atom. The number of rotatable bonds is 2. The molecule has 1 aliphatic carbocycles. The molecule has 0 aliphatic heterocycles. The van der Waals surface area contributed by atoms with Crippen LogP contribution in [0, 0.1) is 5.82 Å². The average molecular weight is 237 g/mol. The minimum Gasteiger partial charge on any atom is -0.384 e. The lowest BCUT2D eigenvalue weighted by Crippen LogP contribution is -2.49. The van der Waals surface area contributed by atoms with Crippen molar-refractivity contribution in [3.63, 3.8) is 0 Å². The van der Waals surface area contributed by atoms with E-state index in [2.05, 4.69) is 4.90 Å². The van der Waals surface area contributed by atoms with Crippen LogP contribution >= 0.6 is 0 Å². The molecule has 94 valence electrons. The standard InChI is InChI=1S/C14H20FNO/c1-16(2)13-5-3-4-10-14(13,17)11-6-8-12(15)9-7-11/h6-9,13,17H,3-5,10H2,1-2H3. The average Bonchev–Trinajstić information content (AvgIpc) is 2.29. The molecule has 2 rings (SSSR count).